The van der Waals surface area contributed by atoms with E-state index in [0.29, 0.717) is 16.6 Å². The second-order valence-corrected chi connectivity index (χ2v) is 3.21. The van der Waals surface area contributed by atoms with Crippen LogP contribution in [0.15, 0.2) is 24.3 Å². The van der Waals surface area contributed by atoms with E-state index in [2.05, 4.69) is 0 Å². The minimum Gasteiger partial charge on any atom is -0.327 e. The fourth-order valence-electron chi connectivity index (χ4n) is 0.876. The quantitative estimate of drug-likeness (QED) is 0.783. The van der Waals surface area contributed by atoms with Crippen LogP contribution in [0.2, 0.25) is 10.0 Å². The van der Waals surface area contributed by atoms with Gasteiger partial charge in [-0.2, -0.15) is 0 Å². The molecule has 1 rings (SSSR count). The van der Waals surface area contributed by atoms with E-state index in [0.717, 1.165) is 5.56 Å². The summed E-state index contributed by atoms with van der Waals surface area (Å²) in [6.45, 7) is 0.518. The van der Waals surface area contributed by atoms with Crippen molar-refractivity contribution in [3.8, 4) is 0 Å². The molecule has 0 aliphatic carbocycles. The summed E-state index contributed by atoms with van der Waals surface area (Å²) in [4.78, 5) is 0. The molecule has 3 heteroatoms. The van der Waals surface area contributed by atoms with Crippen LogP contribution >= 0.6 is 23.2 Å². The third-order valence-electron chi connectivity index (χ3n) is 1.33. The second-order valence-electron chi connectivity index (χ2n) is 2.34. The SMILES string of the molecule is NCC=Cc1cc(Cl)cc(Cl)c1. The normalized spacial score (nSPS) is 10.9. The summed E-state index contributed by atoms with van der Waals surface area (Å²) in [5.74, 6) is 0. The van der Waals surface area contributed by atoms with Crippen molar-refractivity contribution in [2.45, 2.75) is 0 Å². The predicted molar refractivity (Wildman–Crippen MR) is 54.6 cm³/mol. The highest BCUT2D eigenvalue weighted by atomic mass is 35.5. The first kappa shape index (κ1) is 9.59. The Labute approximate surface area is 81.8 Å². The minimum absolute atomic E-state index is 0.518. The maximum absolute atomic E-state index is 5.78. The van der Waals surface area contributed by atoms with Crippen molar-refractivity contribution < 1.29 is 0 Å². The number of nitrogens with two attached hydrogens (primary N) is 1. The van der Waals surface area contributed by atoms with Gasteiger partial charge in [-0.15, -0.1) is 0 Å². The first-order valence-corrected chi connectivity index (χ1v) is 4.30. The summed E-state index contributed by atoms with van der Waals surface area (Å²) in [7, 11) is 0. The predicted octanol–water partition coefficient (Wildman–Crippen LogP) is 2.97. The van der Waals surface area contributed by atoms with Crippen LogP contribution in [-0.4, -0.2) is 6.54 Å². The van der Waals surface area contributed by atoms with E-state index < -0.39 is 0 Å². The highest BCUT2D eigenvalue weighted by molar-refractivity contribution is 6.34. The monoisotopic (exact) mass is 201 g/mol. The number of rotatable bonds is 2. The Hall–Kier alpha value is -0.500. The van der Waals surface area contributed by atoms with E-state index in [1.165, 1.54) is 0 Å². The lowest BCUT2D eigenvalue weighted by atomic mass is 10.2. The lowest BCUT2D eigenvalue weighted by Gasteiger charge is -1.96. The van der Waals surface area contributed by atoms with Gasteiger partial charge in [0.05, 0.1) is 0 Å². The standard InChI is InChI=1S/C9H9Cl2N/c10-8-4-7(2-1-3-12)5-9(11)6-8/h1-2,4-6H,3,12H2. The molecule has 0 aliphatic heterocycles. The summed E-state index contributed by atoms with van der Waals surface area (Å²) in [6.07, 6.45) is 3.74. The minimum atomic E-state index is 0.518. The van der Waals surface area contributed by atoms with Crippen LogP contribution < -0.4 is 5.73 Å². The van der Waals surface area contributed by atoms with Crippen LogP contribution in [0.3, 0.4) is 0 Å². The first-order chi connectivity index (χ1) is 5.72. The highest BCUT2D eigenvalue weighted by Crippen LogP contribution is 2.19. The van der Waals surface area contributed by atoms with Gasteiger partial charge in [-0.05, 0) is 23.8 Å². The van der Waals surface area contributed by atoms with Gasteiger partial charge in [0, 0.05) is 16.6 Å². The van der Waals surface area contributed by atoms with Crippen LogP contribution in [0.4, 0.5) is 0 Å². The lowest BCUT2D eigenvalue weighted by molar-refractivity contribution is 1.26. The molecule has 0 aromatic heterocycles. The van der Waals surface area contributed by atoms with Gasteiger partial charge in [0.1, 0.15) is 0 Å². The Morgan fingerprint density at radius 2 is 1.75 bits per heavy atom. The van der Waals surface area contributed by atoms with Crippen LogP contribution in [0.1, 0.15) is 5.56 Å². The molecule has 0 bridgehead atoms. The number of halogens is 2. The zero-order chi connectivity index (χ0) is 8.97. The maximum atomic E-state index is 5.78. The maximum Gasteiger partial charge on any atom is 0.0426 e. The summed E-state index contributed by atoms with van der Waals surface area (Å²) < 4.78 is 0. The van der Waals surface area contributed by atoms with Gasteiger partial charge in [-0.25, -0.2) is 0 Å². The Balaban J connectivity index is 2.93. The molecule has 1 nitrogen and oxygen atoms in total. The topological polar surface area (TPSA) is 26.0 Å². The molecule has 64 valence electrons. The molecule has 0 saturated heterocycles. The van der Waals surface area contributed by atoms with Gasteiger partial charge in [-0.3, -0.25) is 0 Å². The van der Waals surface area contributed by atoms with Crippen LogP contribution in [0.5, 0.6) is 0 Å². The van der Waals surface area contributed by atoms with E-state index in [9.17, 15) is 0 Å². The Kier molecular flexibility index (Phi) is 3.60. The average Bonchev–Trinajstić information content (AvgIpc) is 1.99. The molecule has 0 amide bonds. The van der Waals surface area contributed by atoms with Crippen LogP contribution in [-0.2, 0) is 0 Å². The third-order valence-corrected chi connectivity index (χ3v) is 1.77. The first-order valence-electron chi connectivity index (χ1n) is 3.55. The number of hydrogen-bond acceptors (Lipinski definition) is 1. The number of benzene rings is 1. The van der Waals surface area contributed by atoms with Crippen molar-refractivity contribution in [3.05, 3.63) is 39.9 Å². The number of hydrogen-bond donors (Lipinski definition) is 1. The van der Waals surface area contributed by atoms with Crippen molar-refractivity contribution in [1.82, 2.24) is 0 Å². The molecule has 0 atom stereocenters. The van der Waals surface area contributed by atoms with Gasteiger partial charge in [0.25, 0.3) is 0 Å². The summed E-state index contributed by atoms with van der Waals surface area (Å²) in [5, 5.41) is 1.28. The highest BCUT2D eigenvalue weighted by Gasteiger charge is 1.93. The molecule has 2 N–H and O–H groups in total. The molecule has 0 heterocycles. The van der Waals surface area contributed by atoms with Crippen molar-refractivity contribution in [2.75, 3.05) is 6.54 Å². The molecule has 0 aliphatic rings. The Bertz CT molecular complexity index is 274. The molecule has 0 unspecified atom stereocenters. The second kappa shape index (κ2) is 4.51. The summed E-state index contributed by atoms with van der Waals surface area (Å²) in [6, 6.07) is 5.36. The average molecular weight is 202 g/mol. The van der Waals surface area contributed by atoms with Gasteiger partial charge in [0.2, 0.25) is 0 Å². The van der Waals surface area contributed by atoms with Gasteiger partial charge < -0.3 is 5.73 Å². The molecular weight excluding hydrogens is 193 g/mol. The Morgan fingerprint density at radius 1 is 1.17 bits per heavy atom. The van der Waals surface area contributed by atoms with E-state index in [1.807, 2.05) is 24.3 Å². The largest absolute Gasteiger partial charge is 0.327 e. The molecule has 1 aromatic carbocycles. The molecular formula is C9H9Cl2N. The summed E-state index contributed by atoms with van der Waals surface area (Å²) in [5.41, 5.74) is 6.27. The van der Waals surface area contributed by atoms with Crippen molar-refractivity contribution >= 4 is 29.3 Å². The van der Waals surface area contributed by atoms with Gasteiger partial charge in [-0.1, -0.05) is 35.4 Å². The lowest BCUT2D eigenvalue weighted by Crippen LogP contribution is -1.91. The molecule has 0 fully saturated rings. The molecule has 0 spiro atoms. The molecule has 0 radical (unpaired) electrons. The van der Waals surface area contributed by atoms with Crippen molar-refractivity contribution in [1.29, 1.82) is 0 Å². The fraction of sp³-hybridized carbons (Fsp3) is 0.111. The molecule has 1 aromatic rings. The van der Waals surface area contributed by atoms with Crippen molar-refractivity contribution in [3.63, 3.8) is 0 Å². The fourth-order valence-corrected chi connectivity index (χ4v) is 1.42. The smallest absolute Gasteiger partial charge is 0.0426 e. The summed E-state index contributed by atoms with van der Waals surface area (Å²) >= 11 is 11.6. The van der Waals surface area contributed by atoms with E-state index in [4.69, 9.17) is 28.9 Å². The molecule has 12 heavy (non-hydrogen) atoms. The van der Waals surface area contributed by atoms with Gasteiger partial charge >= 0.3 is 0 Å². The van der Waals surface area contributed by atoms with Gasteiger partial charge in [0.15, 0.2) is 0 Å². The Morgan fingerprint density at radius 3 is 2.25 bits per heavy atom. The van der Waals surface area contributed by atoms with Crippen molar-refractivity contribution in [2.24, 2.45) is 5.73 Å². The molecule has 0 saturated carbocycles. The van der Waals surface area contributed by atoms with Crippen LogP contribution in [0, 0.1) is 0 Å². The van der Waals surface area contributed by atoms with E-state index >= 15 is 0 Å². The zero-order valence-corrected chi connectivity index (χ0v) is 7.94. The third kappa shape index (κ3) is 2.86. The van der Waals surface area contributed by atoms with E-state index in [-0.39, 0.29) is 0 Å². The van der Waals surface area contributed by atoms with E-state index in [1.54, 1.807) is 6.07 Å². The van der Waals surface area contributed by atoms with Crippen LogP contribution in [0.25, 0.3) is 6.08 Å². The zero-order valence-electron chi connectivity index (χ0n) is 6.43.